The molecule has 0 saturated heterocycles. The van der Waals surface area contributed by atoms with Crippen molar-refractivity contribution in [2.45, 2.75) is 38.2 Å². The molecular formula is C22H33N3S. The normalized spacial score (nSPS) is 12.4. The SMILES string of the molecule is CC(S)N(CCCNCc1ccccc1)CCCNCc1ccccc1. The number of nitrogens with zero attached hydrogens (tertiary/aromatic N) is 1. The van der Waals surface area contributed by atoms with Crippen LogP contribution < -0.4 is 10.6 Å². The Kier molecular flexibility index (Phi) is 10.4. The molecule has 0 aliphatic rings. The largest absolute Gasteiger partial charge is 0.313 e. The van der Waals surface area contributed by atoms with Crippen LogP contribution in [-0.4, -0.2) is 36.5 Å². The minimum absolute atomic E-state index is 0.304. The molecule has 142 valence electrons. The first-order valence-electron chi connectivity index (χ1n) is 9.67. The zero-order valence-corrected chi connectivity index (χ0v) is 16.8. The van der Waals surface area contributed by atoms with E-state index in [1.165, 1.54) is 11.1 Å². The highest BCUT2D eigenvalue weighted by atomic mass is 32.1. The van der Waals surface area contributed by atoms with Crippen molar-refractivity contribution in [1.82, 2.24) is 15.5 Å². The summed E-state index contributed by atoms with van der Waals surface area (Å²) in [5.74, 6) is 0. The summed E-state index contributed by atoms with van der Waals surface area (Å²) < 4.78 is 0. The van der Waals surface area contributed by atoms with Gasteiger partial charge >= 0.3 is 0 Å². The zero-order valence-electron chi connectivity index (χ0n) is 15.9. The molecule has 4 heteroatoms. The van der Waals surface area contributed by atoms with Crippen molar-refractivity contribution in [1.29, 1.82) is 0 Å². The van der Waals surface area contributed by atoms with E-state index in [1.807, 2.05) is 0 Å². The van der Waals surface area contributed by atoms with Crippen LogP contribution in [0.5, 0.6) is 0 Å². The Morgan fingerprint density at radius 2 is 1.19 bits per heavy atom. The third-order valence-electron chi connectivity index (χ3n) is 4.47. The van der Waals surface area contributed by atoms with Crippen molar-refractivity contribution < 1.29 is 0 Å². The van der Waals surface area contributed by atoms with E-state index in [4.69, 9.17) is 0 Å². The van der Waals surface area contributed by atoms with E-state index in [1.54, 1.807) is 0 Å². The molecule has 0 aromatic heterocycles. The van der Waals surface area contributed by atoms with Crippen molar-refractivity contribution in [3.05, 3.63) is 71.8 Å². The molecule has 2 rings (SSSR count). The summed E-state index contributed by atoms with van der Waals surface area (Å²) >= 11 is 4.64. The molecule has 0 heterocycles. The van der Waals surface area contributed by atoms with Crippen molar-refractivity contribution in [3.8, 4) is 0 Å². The minimum atomic E-state index is 0.304. The molecule has 0 fully saturated rings. The van der Waals surface area contributed by atoms with Gasteiger partial charge in [0.1, 0.15) is 0 Å². The Balaban J connectivity index is 1.53. The summed E-state index contributed by atoms with van der Waals surface area (Å²) in [5.41, 5.74) is 2.69. The zero-order chi connectivity index (χ0) is 18.5. The molecule has 0 spiro atoms. The highest BCUT2D eigenvalue weighted by molar-refractivity contribution is 7.80. The summed E-state index contributed by atoms with van der Waals surface area (Å²) in [6, 6.07) is 21.1. The number of hydrogen-bond acceptors (Lipinski definition) is 4. The van der Waals surface area contributed by atoms with Crippen molar-refractivity contribution in [2.24, 2.45) is 0 Å². The highest BCUT2D eigenvalue weighted by Gasteiger charge is 2.09. The van der Waals surface area contributed by atoms with E-state index in [0.717, 1.165) is 52.1 Å². The van der Waals surface area contributed by atoms with E-state index in [-0.39, 0.29) is 0 Å². The van der Waals surface area contributed by atoms with Crippen LogP contribution in [0.15, 0.2) is 60.7 Å². The van der Waals surface area contributed by atoms with E-state index >= 15 is 0 Å². The molecule has 0 aliphatic heterocycles. The van der Waals surface area contributed by atoms with E-state index in [2.05, 4.69) is 95.7 Å². The molecular weight excluding hydrogens is 338 g/mol. The van der Waals surface area contributed by atoms with Gasteiger partial charge in [-0.05, 0) is 44.0 Å². The van der Waals surface area contributed by atoms with Gasteiger partial charge in [0, 0.05) is 31.6 Å². The molecule has 0 aliphatic carbocycles. The van der Waals surface area contributed by atoms with Crippen molar-refractivity contribution >= 4 is 12.6 Å². The van der Waals surface area contributed by atoms with Gasteiger partial charge in [-0.25, -0.2) is 0 Å². The van der Waals surface area contributed by atoms with Crippen LogP contribution in [0, 0.1) is 0 Å². The van der Waals surface area contributed by atoms with Gasteiger partial charge < -0.3 is 10.6 Å². The number of rotatable bonds is 13. The predicted molar refractivity (Wildman–Crippen MR) is 116 cm³/mol. The summed E-state index contributed by atoms with van der Waals surface area (Å²) in [7, 11) is 0. The lowest BCUT2D eigenvalue weighted by atomic mass is 10.2. The lowest BCUT2D eigenvalue weighted by Gasteiger charge is -2.25. The van der Waals surface area contributed by atoms with Gasteiger partial charge in [0.25, 0.3) is 0 Å². The summed E-state index contributed by atoms with van der Waals surface area (Å²) in [4.78, 5) is 2.46. The molecule has 0 amide bonds. The fraction of sp³-hybridized carbons (Fsp3) is 0.455. The summed E-state index contributed by atoms with van der Waals surface area (Å²) in [6.07, 6.45) is 2.30. The Bertz CT molecular complexity index is 525. The topological polar surface area (TPSA) is 27.3 Å². The molecule has 0 radical (unpaired) electrons. The molecule has 1 unspecified atom stereocenters. The van der Waals surface area contributed by atoms with Crippen molar-refractivity contribution in [3.63, 3.8) is 0 Å². The van der Waals surface area contributed by atoms with Crippen molar-refractivity contribution in [2.75, 3.05) is 26.2 Å². The molecule has 2 N–H and O–H groups in total. The van der Waals surface area contributed by atoms with Gasteiger partial charge in [-0.1, -0.05) is 60.7 Å². The molecule has 2 aromatic rings. The van der Waals surface area contributed by atoms with E-state index in [0.29, 0.717) is 5.37 Å². The van der Waals surface area contributed by atoms with Gasteiger partial charge in [-0.15, -0.1) is 0 Å². The van der Waals surface area contributed by atoms with Crippen LogP contribution in [0.25, 0.3) is 0 Å². The van der Waals surface area contributed by atoms with Gasteiger partial charge in [0.15, 0.2) is 0 Å². The highest BCUT2D eigenvalue weighted by Crippen LogP contribution is 2.05. The second-order valence-electron chi connectivity index (χ2n) is 6.70. The summed E-state index contributed by atoms with van der Waals surface area (Å²) in [6.45, 7) is 8.31. The Morgan fingerprint density at radius 1 is 0.769 bits per heavy atom. The van der Waals surface area contributed by atoms with E-state index < -0.39 is 0 Å². The first kappa shape index (κ1) is 21.0. The molecule has 26 heavy (non-hydrogen) atoms. The lowest BCUT2D eigenvalue weighted by molar-refractivity contribution is 0.259. The third-order valence-corrected chi connectivity index (χ3v) is 4.80. The fourth-order valence-corrected chi connectivity index (χ4v) is 3.19. The first-order valence-corrected chi connectivity index (χ1v) is 10.2. The lowest BCUT2D eigenvalue weighted by Crippen LogP contribution is -2.34. The predicted octanol–water partition coefficient (Wildman–Crippen LogP) is 3.92. The number of benzene rings is 2. The van der Waals surface area contributed by atoms with E-state index in [9.17, 15) is 0 Å². The molecule has 0 saturated carbocycles. The van der Waals surface area contributed by atoms with Crippen LogP contribution in [0.4, 0.5) is 0 Å². The van der Waals surface area contributed by atoms with Crippen LogP contribution in [0.1, 0.15) is 30.9 Å². The van der Waals surface area contributed by atoms with Crippen LogP contribution >= 0.6 is 12.6 Å². The average Bonchev–Trinajstić information content (AvgIpc) is 2.67. The molecule has 1 atom stereocenters. The fourth-order valence-electron chi connectivity index (χ4n) is 2.96. The third kappa shape index (κ3) is 8.86. The number of hydrogen-bond donors (Lipinski definition) is 3. The molecule has 3 nitrogen and oxygen atoms in total. The maximum Gasteiger partial charge on any atom is 0.0499 e. The van der Waals surface area contributed by atoms with Gasteiger partial charge in [0.05, 0.1) is 0 Å². The second-order valence-corrected chi connectivity index (χ2v) is 7.45. The smallest absolute Gasteiger partial charge is 0.0499 e. The monoisotopic (exact) mass is 371 g/mol. The maximum absolute atomic E-state index is 4.64. The average molecular weight is 372 g/mol. The van der Waals surface area contributed by atoms with Gasteiger partial charge in [-0.3, -0.25) is 4.90 Å². The van der Waals surface area contributed by atoms with Crippen LogP contribution in [0.2, 0.25) is 0 Å². The van der Waals surface area contributed by atoms with Crippen LogP contribution in [-0.2, 0) is 13.1 Å². The molecule has 0 bridgehead atoms. The number of nitrogens with one attached hydrogen (secondary N) is 2. The second kappa shape index (κ2) is 12.9. The Morgan fingerprint density at radius 3 is 1.58 bits per heavy atom. The van der Waals surface area contributed by atoms with Crippen LogP contribution in [0.3, 0.4) is 0 Å². The standard InChI is InChI=1S/C22H33N3S/c1-20(26)25(16-8-14-23-18-21-10-4-2-5-11-21)17-9-15-24-19-22-12-6-3-7-13-22/h2-7,10-13,20,23-24,26H,8-9,14-19H2,1H3. The maximum atomic E-state index is 4.64. The Labute approximate surface area is 164 Å². The number of thiol groups is 1. The minimum Gasteiger partial charge on any atom is -0.313 e. The Hall–Kier alpha value is -1.33. The first-order chi connectivity index (χ1) is 12.8. The van der Waals surface area contributed by atoms with Gasteiger partial charge in [0.2, 0.25) is 0 Å². The molecule has 2 aromatic carbocycles. The quantitative estimate of drug-likeness (QED) is 0.283. The van der Waals surface area contributed by atoms with Gasteiger partial charge in [-0.2, -0.15) is 12.6 Å². The summed E-state index contributed by atoms with van der Waals surface area (Å²) in [5, 5.41) is 7.36.